The normalized spacial score (nSPS) is 14.7. The summed E-state index contributed by atoms with van der Waals surface area (Å²) in [5.74, 6) is -0.122. The number of imidazole rings is 1. The molecule has 0 fully saturated rings. The van der Waals surface area contributed by atoms with Gasteiger partial charge in [0.25, 0.3) is 0 Å². The molecule has 7 heteroatoms. The second-order valence-corrected chi connectivity index (χ2v) is 5.75. The van der Waals surface area contributed by atoms with E-state index in [0.29, 0.717) is 13.1 Å². The first-order valence-corrected chi connectivity index (χ1v) is 6.59. The molecule has 0 atom stereocenters. The summed E-state index contributed by atoms with van der Waals surface area (Å²) in [4.78, 5) is 29.3. The smallest absolute Gasteiger partial charge is 0.408 e. The molecule has 0 bridgehead atoms. The highest BCUT2D eigenvalue weighted by atomic mass is 16.6. The topological polar surface area (TPSA) is 76.5 Å². The van der Waals surface area contributed by atoms with E-state index in [-0.39, 0.29) is 12.5 Å². The standard InChI is InChI=1S/C13H20N4O3/c1-13(2,3)20-12(19)15-7-11(18)16-4-5-17-9-14-6-10(17)8-16/h6,9H,4-5,7-8H2,1-3H3,(H,15,19). The van der Waals surface area contributed by atoms with E-state index in [9.17, 15) is 9.59 Å². The number of carbonyl (C=O) groups excluding carboxylic acids is 2. The molecule has 2 rings (SSSR count). The fraction of sp³-hybridized carbons (Fsp3) is 0.615. The third-order valence-electron chi connectivity index (χ3n) is 2.90. The summed E-state index contributed by atoms with van der Waals surface area (Å²) in [7, 11) is 0. The Morgan fingerprint density at radius 3 is 2.85 bits per heavy atom. The Bertz CT molecular complexity index is 504. The van der Waals surface area contributed by atoms with Crippen molar-refractivity contribution in [3.05, 3.63) is 18.2 Å². The summed E-state index contributed by atoms with van der Waals surface area (Å²) in [5, 5.41) is 2.48. The number of aromatic nitrogens is 2. The molecule has 1 aliphatic heterocycles. The van der Waals surface area contributed by atoms with Crippen molar-refractivity contribution in [1.82, 2.24) is 19.8 Å². The number of fused-ring (bicyclic) bond motifs is 1. The highest BCUT2D eigenvalue weighted by Crippen LogP contribution is 2.11. The van der Waals surface area contributed by atoms with Crippen molar-refractivity contribution in [2.24, 2.45) is 0 Å². The van der Waals surface area contributed by atoms with E-state index in [1.807, 2.05) is 4.57 Å². The maximum atomic E-state index is 12.0. The second kappa shape index (κ2) is 5.52. The highest BCUT2D eigenvalue weighted by Gasteiger charge is 2.22. The molecule has 0 aromatic carbocycles. The number of rotatable bonds is 2. The molecule has 0 radical (unpaired) electrons. The lowest BCUT2D eigenvalue weighted by Gasteiger charge is -2.28. The van der Waals surface area contributed by atoms with Crippen molar-refractivity contribution in [3.63, 3.8) is 0 Å². The SMILES string of the molecule is CC(C)(C)OC(=O)NCC(=O)N1CCn2cncc2C1. The first-order chi connectivity index (χ1) is 9.35. The average Bonchev–Trinajstić information content (AvgIpc) is 2.80. The van der Waals surface area contributed by atoms with Gasteiger partial charge < -0.3 is 19.5 Å². The third kappa shape index (κ3) is 3.72. The van der Waals surface area contributed by atoms with Crippen LogP contribution in [-0.2, 0) is 22.6 Å². The first-order valence-electron chi connectivity index (χ1n) is 6.59. The maximum Gasteiger partial charge on any atom is 0.408 e. The predicted molar refractivity (Wildman–Crippen MR) is 71.9 cm³/mol. The Labute approximate surface area is 117 Å². The van der Waals surface area contributed by atoms with Crippen molar-refractivity contribution in [1.29, 1.82) is 0 Å². The van der Waals surface area contributed by atoms with Gasteiger partial charge in [-0.15, -0.1) is 0 Å². The highest BCUT2D eigenvalue weighted by molar-refractivity contribution is 5.82. The van der Waals surface area contributed by atoms with Crippen molar-refractivity contribution in [3.8, 4) is 0 Å². The van der Waals surface area contributed by atoms with Crippen LogP contribution in [0.4, 0.5) is 4.79 Å². The van der Waals surface area contributed by atoms with Crippen LogP contribution in [-0.4, -0.2) is 45.1 Å². The van der Waals surface area contributed by atoms with Gasteiger partial charge in [-0.25, -0.2) is 9.78 Å². The van der Waals surface area contributed by atoms with Crippen molar-refractivity contribution >= 4 is 12.0 Å². The number of nitrogens with one attached hydrogen (secondary N) is 1. The van der Waals surface area contributed by atoms with Gasteiger partial charge in [-0.05, 0) is 20.8 Å². The number of ether oxygens (including phenoxy) is 1. The van der Waals surface area contributed by atoms with Crippen LogP contribution in [0.1, 0.15) is 26.5 Å². The molecule has 0 saturated carbocycles. The molecule has 0 spiro atoms. The van der Waals surface area contributed by atoms with Gasteiger partial charge in [0, 0.05) is 19.3 Å². The summed E-state index contributed by atoms with van der Waals surface area (Å²) < 4.78 is 7.10. The second-order valence-electron chi connectivity index (χ2n) is 5.75. The number of alkyl carbamates (subject to hydrolysis) is 1. The zero-order valence-electron chi connectivity index (χ0n) is 12.0. The molecule has 0 saturated heterocycles. The van der Waals surface area contributed by atoms with E-state index in [0.717, 1.165) is 12.2 Å². The van der Waals surface area contributed by atoms with Gasteiger partial charge in [-0.1, -0.05) is 0 Å². The predicted octanol–water partition coefficient (Wildman–Crippen LogP) is 0.750. The fourth-order valence-corrected chi connectivity index (χ4v) is 1.97. The Balaban J connectivity index is 1.80. The van der Waals surface area contributed by atoms with E-state index in [2.05, 4.69) is 10.3 Å². The Morgan fingerprint density at radius 2 is 2.15 bits per heavy atom. The van der Waals surface area contributed by atoms with Crippen LogP contribution >= 0.6 is 0 Å². The molecular weight excluding hydrogens is 260 g/mol. The number of hydrogen-bond donors (Lipinski definition) is 1. The molecule has 20 heavy (non-hydrogen) atoms. The Hall–Kier alpha value is -2.05. The molecule has 0 unspecified atom stereocenters. The largest absolute Gasteiger partial charge is 0.444 e. The van der Waals surface area contributed by atoms with Crippen molar-refractivity contribution < 1.29 is 14.3 Å². The minimum atomic E-state index is -0.576. The lowest BCUT2D eigenvalue weighted by Crippen LogP contribution is -2.44. The van der Waals surface area contributed by atoms with E-state index in [4.69, 9.17) is 4.74 Å². The molecule has 1 aromatic rings. The minimum Gasteiger partial charge on any atom is -0.444 e. The van der Waals surface area contributed by atoms with Crippen LogP contribution in [0.5, 0.6) is 0 Å². The van der Waals surface area contributed by atoms with Gasteiger partial charge in [0.15, 0.2) is 0 Å². The fourth-order valence-electron chi connectivity index (χ4n) is 1.97. The molecule has 7 nitrogen and oxygen atoms in total. The van der Waals surface area contributed by atoms with Gasteiger partial charge in [-0.3, -0.25) is 4.79 Å². The van der Waals surface area contributed by atoms with Crippen LogP contribution in [0.15, 0.2) is 12.5 Å². The first kappa shape index (κ1) is 14.4. The van der Waals surface area contributed by atoms with Crippen molar-refractivity contribution in [2.45, 2.75) is 39.5 Å². The lowest BCUT2D eigenvalue weighted by atomic mass is 10.2. The third-order valence-corrected chi connectivity index (χ3v) is 2.90. The molecular formula is C13H20N4O3. The maximum absolute atomic E-state index is 12.0. The van der Waals surface area contributed by atoms with Gasteiger partial charge in [0.2, 0.25) is 5.91 Å². The zero-order valence-corrected chi connectivity index (χ0v) is 12.0. The van der Waals surface area contributed by atoms with Gasteiger partial charge in [0.1, 0.15) is 12.1 Å². The zero-order chi connectivity index (χ0) is 14.8. The molecule has 0 aliphatic carbocycles. The van der Waals surface area contributed by atoms with Gasteiger partial charge in [0.05, 0.1) is 18.6 Å². The quantitative estimate of drug-likeness (QED) is 0.867. The van der Waals surface area contributed by atoms with Crippen LogP contribution in [0.25, 0.3) is 0 Å². The van der Waals surface area contributed by atoms with Crippen LogP contribution in [0, 0.1) is 0 Å². The molecule has 1 N–H and O–H groups in total. The van der Waals surface area contributed by atoms with E-state index in [1.165, 1.54) is 0 Å². The molecule has 2 amide bonds. The summed E-state index contributed by atoms with van der Waals surface area (Å²) >= 11 is 0. The molecule has 110 valence electrons. The molecule has 1 aliphatic rings. The van der Waals surface area contributed by atoms with Crippen LogP contribution < -0.4 is 5.32 Å². The summed E-state index contributed by atoms with van der Waals surface area (Å²) in [6, 6.07) is 0. The minimum absolute atomic E-state index is 0.0525. The van der Waals surface area contributed by atoms with Gasteiger partial charge in [-0.2, -0.15) is 0 Å². The molecule has 1 aromatic heterocycles. The van der Waals surface area contributed by atoms with Crippen LogP contribution in [0.2, 0.25) is 0 Å². The number of amides is 2. The molecule has 2 heterocycles. The number of nitrogens with zero attached hydrogens (tertiary/aromatic N) is 3. The average molecular weight is 280 g/mol. The summed E-state index contributed by atoms with van der Waals surface area (Å²) in [6.07, 6.45) is 2.93. The van der Waals surface area contributed by atoms with E-state index in [1.54, 1.807) is 38.2 Å². The Kier molecular flexibility index (Phi) is 3.96. The van der Waals surface area contributed by atoms with Crippen molar-refractivity contribution in [2.75, 3.05) is 13.1 Å². The summed E-state index contributed by atoms with van der Waals surface area (Å²) in [5.41, 5.74) is 0.437. The van der Waals surface area contributed by atoms with Crippen LogP contribution in [0.3, 0.4) is 0 Å². The van der Waals surface area contributed by atoms with Gasteiger partial charge >= 0.3 is 6.09 Å². The lowest BCUT2D eigenvalue weighted by molar-refractivity contribution is -0.131. The number of carbonyl (C=O) groups is 2. The summed E-state index contributed by atoms with van der Waals surface area (Å²) in [6.45, 7) is 7.16. The Morgan fingerprint density at radius 1 is 1.40 bits per heavy atom. The van der Waals surface area contributed by atoms with E-state index < -0.39 is 11.7 Å². The number of hydrogen-bond acceptors (Lipinski definition) is 4. The van der Waals surface area contributed by atoms with E-state index >= 15 is 0 Å². The monoisotopic (exact) mass is 280 g/mol.